The summed E-state index contributed by atoms with van der Waals surface area (Å²) in [5.41, 5.74) is 1.73. The average Bonchev–Trinajstić information content (AvgIpc) is 2.63. The van der Waals surface area contributed by atoms with Gasteiger partial charge in [-0.1, -0.05) is 30.3 Å². The second kappa shape index (κ2) is 7.14. The molecule has 6 heteroatoms. The molecule has 1 aliphatic rings. The number of nitrogens with zero attached hydrogens (tertiary/aromatic N) is 3. The van der Waals surface area contributed by atoms with Gasteiger partial charge < -0.3 is 0 Å². The van der Waals surface area contributed by atoms with Crippen LogP contribution in [0.4, 0.5) is 0 Å². The summed E-state index contributed by atoms with van der Waals surface area (Å²) in [5.74, 6) is 0. The van der Waals surface area contributed by atoms with Gasteiger partial charge in [0.15, 0.2) is 0 Å². The second-order valence-corrected chi connectivity index (χ2v) is 7.74. The molecule has 2 aromatic carbocycles. The van der Waals surface area contributed by atoms with Crippen LogP contribution >= 0.6 is 0 Å². The molecule has 0 N–H and O–H groups in total. The zero-order valence-corrected chi connectivity index (χ0v) is 14.1. The van der Waals surface area contributed by atoms with Crippen LogP contribution in [-0.4, -0.2) is 43.8 Å². The highest BCUT2D eigenvalue weighted by Gasteiger charge is 2.28. The molecule has 0 aromatic heterocycles. The smallest absolute Gasteiger partial charge is 0.243 e. The highest BCUT2D eigenvalue weighted by molar-refractivity contribution is 7.89. The van der Waals surface area contributed by atoms with E-state index in [4.69, 9.17) is 5.26 Å². The number of piperazine rings is 1. The molecule has 1 saturated heterocycles. The van der Waals surface area contributed by atoms with Gasteiger partial charge in [-0.2, -0.15) is 9.57 Å². The third kappa shape index (κ3) is 3.65. The van der Waals surface area contributed by atoms with Gasteiger partial charge in [-0.15, -0.1) is 0 Å². The fourth-order valence-corrected chi connectivity index (χ4v) is 4.31. The molecule has 0 unspecified atom stereocenters. The fourth-order valence-electron chi connectivity index (χ4n) is 2.87. The molecule has 24 heavy (non-hydrogen) atoms. The Kier molecular flexibility index (Phi) is 4.95. The Balaban J connectivity index is 1.63. The first-order valence-corrected chi connectivity index (χ1v) is 9.30. The molecule has 3 rings (SSSR count). The van der Waals surface area contributed by atoms with E-state index in [2.05, 4.69) is 11.0 Å². The predicted octanol–water partition coefficient (Wildman–Crippen LogP) is 2.06. The van der Waals surface area contributed by atoms with E-state index in [1.54, 1.807) is 34.6 Å². The molecule has 1 heterocycles. The van der Waals surface area contributed by atoms with Crippen molar-refractivity contribution in [3.8, 4) is 6.07 Å². The first kappa shape index (κ1) is 16.7. The summed E-state index contributed by atoms with van der Waals surface area (Å²) < 4.78 is 26.8. The Morgan fingerprint density at radius 1 is 0.958 bits per heavy atom. The van der Waals surface area contributed by atoms with E-state index >= 15 is 0 Å². The number of benzene rings is 2. The van der Waals surface area contributed by atoms with Gasteiger partial charge in [0.25, 0.3) is 0 Å². The van der Waals surface area contributed by atoms with Crippen LogP contribution < -0.4 is 0 Å². The van der Waals surface area contributed by atoms with Crippen molar-refractivity contribution >= 4 is 10.0 Å². The summed E-state index contributed by atoms with van der Waals surface area (Å²) in [7, 11) is -3.41. The summed E-state index contributed by atoms with van der Waals surface area (Å²) in [6.07, 6.45) is 0. The Morgan fingerprint density at radius 2 is 1.67 bits per heavy atom. The lowest BCUT2D eigenvalue weighted by Crippen LogP contribution is -2.48. The minimum Gasteiger partial charge on any atom is -0.296 e. The van der Waals surface area contributed by atoms with Gasteiger partial charge in [0.1, 0.15) is 0 Å². The van der Waals surface area contributed by atoms with E-state index in [9.17, 15) is 8.42 Å². The van der Waals surface area contributed by atoms with Gasteiger partial charge in [-0.3, -0.25) is 4.90 Å². The first-order valence-electron chi connectivity index (χ1n) is 7.86. The molecule has 0 amide bonds. The highest BCUT2D eigenvalue weighted by atomic mass is 32.2. The molecular formula is C18H19N3O2S. The summed E-state index contributed by atoms with van der Waals surface area (Å²) in [6, 6.07) is 18.2. The molecule has 0 radical (unpaired) electrons. The molecule has 1 fully saturated rings. The van der Waals surface area contributed by atoms with E-state index in [1.807, 2.05) is 24.3 Å². The monoisotopic (exact) mass is 341 g/mol. The maximum absolute atomic E-state index is 12.6. The van der Waals surface area contributed by atoms with Crippen molar-refractivity contribution in [1.82, 2.24) is 9.21 Å². The van der Waals surface area contributed by atoms with Crippen LogP contribution in [0.15, 0.2) is 59.5 Å². The molecule has 5 nitrogen and oxygen atoms in total. The van der Waals surface area contributed by atoms with Crippen molar-refractivity contribution in [3.05, 3.63) is 65.7 Å². The molecule has 0 atom stereocenters. The standard InChI is InChI=1S/C18H19N3O2S/c19-14-16-5-4-6-17(13-16)15-20-9-11-21(12-10-20)24(22,23)18-7-2-1-3-8-18/h1-8,13H,9-12,15H2. The van der Waals surface area contributed by atoms with Crippen molar-refractivity contribution in [3.63, 3.8) is 0 Å². The summed E-state index contributed by atoms with van der Waals surface area (Å²) >= 11 is 0. The molecule has 0 aliphatic carbocycles. The van der Waals surface area contributed by atoms with Crippen LogP contribution in [0.5, 0.6) is 0 Å². The molecule has 0 spiro atoms. The second-order valence-electron chi connectivity index (χ2n) is 5.81. The third-order valence-corrected chi connectivity index (χ3v) is 6.09. The zero-order chi connectivity index (χ0) is 17.0. The number of rotatable bonds is 4. The Labute approximate surface area is 142 Å². The van der Waals surface area contributed by atoms with Crippen molar-refractivity contribution in [2.45, 2.75) is 11.4 Å². The predicted molar refractivity (Wildman–Crippen MR) is 91.6 cm³/mol. The summed E-state index contributed by atoms with van der Waals surface area (Å²) in [6.45, 7) is 3.06. The quantitative estimate of drug-likeness (QED) is 0.854. The van der Waals surface area contributed by atoms with E-state index in [0.29, 0.717) is 36.6 Å². The van der Waals surface area contributed by atoms with Crippen LogP contribution in [0.1, 0.15) is 11.1 Å². The van der Waals surface area contributed by atoms with Gasteiger partial charge in [0.2, 0.25) is 10.0 Å². The highest BCUT2D eigenvalue weighted by Crippen LogP contribution is 2.18. The topological polar surface area (TPSA) is 64.4 Å². The fraction of sp³-hybridized carbons (Fsp3) is 0.278. The summed E-state index contributed by atoms with van der Waals surface area (Å²) in [5, 5.41) is 8.96. The summed E-state index contributed by atoms with van der Waals surface area (Å²) in [4.78, 5) is 2.56. The van der Waals surface area contributed by atoms with Crippen LogP contribution in [0.25, 0.3) is 0 Å². The Bertz CT molecular complexity index is 836. The van der Waals surface area contributed by atoms with Crippen LogP contribution in [0.3, 0.4) is 0 Å². The Hall–Kier alpha value is -2.20. The lowest BCUT2D eigenvalue weighted by atomic mass is 10.1. The molecule has 1 aliphatic heterocycles. The van der Waals surface area contributed by atoms with E-state index in [0.717, 1.165) is 12.1 Å². The molecular weight excluding hydrogens is 322 g/mol. The first-order chi connectivity index (χ1) is 11.6. The van der Waals surface area contributed by atoms with Gasteiger partial charge in [0, 0.05) is 32.7 Å². The normalized spacial score (nSPS) is 16.6. The van der Waals surface area contributed by atoms with E-state index in [-0.39, 0.29) is 0 Å². The zero-order valence-electron chi connectivity index (χ0n) is 13.3. The lowest BCUT2D eigenvalue weighted by Gasteiger charge is -2.34. The largest absolute Gasteiger partial charge is 0.296 e. The minimum absolute atomic E-state index is 0.347. The van der Waals surface area contributed by atoms with Crippen LogP contribution in [0.2, 0.25) is 0 Å². The average molecular weight is 341 g/mol. The van der Waals surface area contributed by atoms with Gasteiger partial charge >= 0.3 is 0 Å². The van der Waals surface area contributed by atoms with Crippen LogP contribution in [0, 0.1) is 11.3 Å². The molecule has 0 bridgehead atoms. The number of hydrogen-bond donors (Lipinski definition) is 0. The number of hydrogen-bond acceptors (Lipinski definition) is 4. The van der Waals surface area contributed by atoms with Crippen molar-refractivity contribution in [1.29, 1.82) is 5.26 Å². The van der Waals surface area contributed by atoms with Crippen molar-refractivity contribution in [2.75, 3.05) is 26.2 Å². The maximum Gasteiger partial charge on any atom is 0.243 e. The van der Waals surface area contributed by atoms with Crippen molar-refractivity contribution in [2.24, 2.45) is 0 Å². The number of nitriles is 1. The Morgan fingerprint density at radius 3 is 2.33 bits per heavy atom. The minimum atomic E-state index is -3.41. The number of sulfonamides is 1. The lowest BCUT2D eigenvalue weighted by molar-refractivity contribution is 0.181. The van der Waals surface area contributed by atoms with E-state index < -0.39 is 10.0 Å². The SMILES string of the molecule is N#Cc1cccc(CN2CCN(S(=O)(=O)c3ccccc3)CC2)c1. The van der Waals surface area contributed by atoms with E-state index in [1.165, 1.54) is 0 Å². The maximum atomic E-state index is 12.6. The van der Waals surface area contributed by atoms with Gasteiger partial charge in [0.05, 0.1) is 16.5 Å². The van der Waals surface area contributed by atoms with Crippen molar-refractivity contribution < 1.29 is 8.42 Å². The molecule has 0 saturated carbocycles. The molecule has 124 valence electrons. The molecule has 2 aromatic rings. The third-order valence-electron chi connectivity index (χ3n) is 4.17. The van der Waals surface area contributed by atoms with Gasteiger partial charge in [-0.25, -0.2) is 8.42 Å². The van der Waals surface area contributed by atoms with Gasteiger partial charge in [-0.05, 0) is 29.8 Å². The van der Waals surface area contributed by atoms with Crippen LogP contribution in [-0.2, 0) is 16.6 Å².